The number of oxime groups is 1. The van der Waals surface area contributed by atoms with Gasteiger partial charge in [-0.15, -0.1) is 0 Å². The first kappa shape index (κ1) is 14.1. The monoisotopic (exact) mass is 273 g/mol. The zero-order valence-electron chi connectivity index (χ0n) is 11.8. The summed E-state index contributed by atoms with van der Waals surface area (Å²) in [6, 6.07) is 7.57. The van der Waals surface area contributed by atoms with Crippen molar-refractivity contribution in [2.75, 3.05) is 6.61 Å². The van der Waals surface area contributed by atoms with Gasteiger partial charge in [-0.25, -0.2) is 4.98 Å². The molecule has 0 amide bonds. The molecule has 1 aromatic heterocycles. The number of ether oxygens (including phenoxy) is 1. The largest absolute Gasteiger partial charge is 0.492 e. The number of aromatic nitrogens is 2. The predicted molar refractivity (Wildman–Crippen MR) is 77.5 cm³/mol. The molecule has 0 atom stereocenters. The third-order valence-electron chi connectivity index (χ3n) is 3.17. The van der Waals surface area contributed by atoms with Crippen molar-refractivity contribution >= 4 is 5.71 Å². The van der Waals surface area contributed by atoms with Gasteiger partial charge in [-0.1, -0.05) is 12.1 Å². The number of benzene rings is 1. The molecule has 1 N–H and O–H groups in total. The summed E-state index contributed by atoms with van der Waals surface area (Å²) in [5.41, 5.74) is 1.58. The van der Waals surface area contributed by atoms with Gasteiger partial charge in [-0.3, -0.25) is 0 Å². The maximum atomic E-state index is 8.87. The lowest BCUT2D eigenvalue weighted by molar-refractivity contribution is 0.297. The maximum absolute atomic E-state index is 8.87. The SMILES string of the molecule is CCC(=NO)c1ccc(OCCn2ccnc2C)cc1. The van der Waals surface area contributed by atoms with Gasteiger partial charge in [-0.2, -0.15) is 0 Å². The molecule has 2 aromatic rings. The van der Waals surface area contributed by atoms with E-state index in [2.05, 4.69) is 10.1 Å². The zero-order valence-corrected chi connectivity index (χ0v) is 11.8. The first-order valence-electron chi connectivity index (χ1n) is 6.66. The fraction of sp³-hybridized carbons (Fsp3) is 0.333. The zero-order chi connectivity index (χ0) is 14.4. The Kier molecular flexibility index (Phi) is 4.76. The summed E-state index contributed by atoms with van der Waals surface area (Å²) in [6.07, 6.45) is 4.41. The molecule has 2 rings (SSSR count). The van der Waals surface area contributed by atoms with Crippen molar-refractivity contribution in [3.8, 4) is 5.75 Å². The summed E-state index contributed by atoms with van der Waals surface area (Å²) >= 11 is 0. The van der Waals surface area contributed by atoms with Crippen LogP contribution in [0.25, 0.3) is 0 Å². The van der Waals surface area contributed by atoms with Crippen molar-refractivity contribution in [3.05, 3.63) is 48.0 Å². The molecule has 0 aliphatic heterocycles. The molecule has 0 unspecified atom stereocenters. The first-order valence-corrected chi connectivity index (χ1v) is 6.66. The Morgan fingerprint density at radius 3 is 2.65 bits per heavy atom. The Morgan fingerprint density at radius 2 is 2.10 bits per heavy atom. The van der Waals surface area contributed by atoms with E-state index >= 15 is 0 Å². The highest BCUT2D eigenvalue weighted by Crippen LogP contribution is 2.14. The molecule has 0 radical (unpaired) electrons. The molecule has 5 nitrogen and oxygen atoms in total. The van der Waals surface area contributed by atoms with E-state index in [-0.39, 0.29) is 0 Å². The van der Waals surface area contributed by atoms with Crippen molar-refractivity contribution < 1.29 is 9.94 Å². The lowest BCUT2D eigenvalue weighted by Crippen LogP contribution is -2.08. The number of rotatable bonds is 6. The molecule has 5 heteroatoms. The van der Waals surface area contributed by atoms with Crippen LogP contribution < -0.4 is 4.74 Å². The van der Waals surface area contributed by atoms with E-state index in [0.717, 1.165) is 23.7 Å². The average Bonchev–Trinajstić information content (AvgIpc) is 2.87. The van der Waals surface area contributed by atoms with E-state index in [1.54, 1.807) is 6.20 Å². The van der Waals surface area contributed by atoms with Gasteiger partial charge in [0.15, 0.2) is 0 Å². The molecule has 0 fully saturated rings. The molecular formula is C15H19N3O2. The Hall–Kier alpha value is -2.30. The topological polar surface area (TPSA) is 59.6 Å². The van der Waals surface area contributed by atoms with E-state index in [0.29, 0.717) is 18.7 Å². The Morgan fingerprint density at radius 1 is 1.35 bits per heavy atom. The minimum atomic E-state index is 0.589. The summed E-state index contributed by atoms with van der Waals surface area (Å²) in [5, 5.41) is 12.1. The lowest BCUT2D eigenvalue weighted by Gasteiger charge is -2.09. The minimum Gasteiger partial charge on any atom is -0.492 e. The van der Waals surface area contributed by atoms with Crippen molar-refractivity contribution in [3.63, 3.8) is 0 Å². The fourth-order valence-electron chi connectivity index (χ4n) is 1.98. The van der Waals surface area contributed by atoms with Gasteiger partial charge < -0.3 is 14.5 Å². The van der Waals surface area contributed by atoms with Crippen LogP contribution in [-0.2, 0) is 6.54 Å². The minimum absolute atomic E-state index is 0.589. The Labute approximate surface area is 118 Å². The van der Waals surface area contributed by atoms with Crippen LogP contribution in [-0.4, -0.2) is 27.1 Å². The molecule has 1 aromatic carbocycles. The standard InChI is InChI=1S/C15H19N3O2/c1-3-15(17-19)13-4-6-14(7-5-13)20-11-10-18-9-8-16-12(18)2/h4-9,19H,3,10-11H2,1-2H3. The number of hydrogen-bond acceptors (Lipinski definition) is 4. The quantitative estimate of drug-likeness (QED) is 0.500. The van der Waals surface area contributed by atoms with Gasteiger partial charge in [0.25, 0.3) is 0 Å². The van der Waals surface area contributed by atoms with E-state index in [1.165, 1.54) is 0 Å². The molecule has 1 heterocycles. The second kappa shape index (κ2) is 6.75. The average molecular weight is 273 g/mol. The number of hydrogen-bond donors (Lipinski definition) is 1. The highest BCUT2D eigenvalue weighted by molar-refractivity contribution is 6.00. The molecule has 0 saturated heterocycles. The third kappa shape index (κ3) is 3.38. The van der Waals surface area contributed by atoms with Crippen molar-refractivity contribution in [2.45, 2.75) is 26.8 Å². The number of nitrogens with zero attached hydrogens (tertiary/aromatic N) is 3. The molecule has 0 aliphatic rings. The molecule has 0 aliphatic carbocycles. The fourth-order valence-corrected chi connectivity index (χ4v) is 1.98. The van der Waals surface area contributed by atoms with Crippen LogP contribution in [0.1, 0.15) is 24.7 Å². The predicted octanol–water partition coefficient (Wildman–Crippen LogP) is 2.86. The molecule has 106 valence electrons. The summed E-state index contributed by atoms with van der Waals surface area (Å²) < 4.78 is 7.73. The van der Waals surface area contributed by atoms with E-state index < -0.39 is 0 Å². The second-order valence-corrected chi connectivity index (χ2v) is 4.44. The molecule has 20 heavy (non-hydrogen) atoms. The van der Waals surface area contributed by atoms with Crippen LogP contribution in [0.3, 0.4) is 0 Å². The van der Waals surface area contributed by atoms with Crippen LogP contribution in [0, 0.1) is 6.92 Å². The molecular weight excluding hydrogens is 254 g/mol. The van der Waals surface area contributed by atoms with Crippen LogP contribution >= 0.6 is 0 Å². The van der Waals surface area contributed by atoms with E-state index in [4.69, 9.17) is 9.94 Å². The van der Waals surface area contributed by atoms with Crippen LogP contribution in [0.2, 0.25) is 0 Å². The van der Waals surface area contributed by atoms with Crippen LogP contribution in [0.5, 0.6) is 5.75 Å². The van der Waals surface area contributed by atoms with Gasteiger partial charge in [0.1, 0.15) is 18.2 Å². The highest BCUT2D eigenvalue weighted by Gasteiger charge is 2.02. The lowest BCUT2D eigenvalue weighted by atomic mass is 10.1. The Balaban J connectivity index is 1.89. The molecule has 0 saturated carbocycles. The van der Waals surface area contributed by atoms with Crippen molar-refractivity contribution in [2.24, 2.45) is 5.16 Å². The second-order valence-electron chi connectivity index (χ2n) is 4.44. The van der Waals surface area contributed by atoms with E-state index in [1.807, 2.05) is 48.9 Å². The summed E-state index contributed by atoms with van der Waals surface area (Å²) in [7, 11) is 0. The van der Waals surface area contributed by atoms with Gasteiger partial charge in [0.2, 0.25) is 0 Å². The van der Waals surface area contributed by atoms with Gasteiger partial charge >= 0.3 is 0 Å². The summed E-state index contributed by atoms with van der Waals surface area (Å²) in [6.45, 7) is 5.28. The van der Waals surface area contributed by atoms with Gasteiger partial charge in [0.05, 0.1) is 12.3 Å². The normalized spacial score (nSPS) is 11.6. The molecule has 0 bridgehead atoms. The van der Waals surface area contributed by atoms with Crippen molar-refractivity contribution in [1.29, 1.82) is 0 Å². The number of aryl methyl sites for hydroxylation is 1. The molecule has 0 spiro atoms. The van der Waals surface area contributed by atoms with Crippen molar-refractivity contribution in [1.82, 2.24) is 9.55 Å². The van der Waals surface area contributed by atoms with Crippen LogP contribution in [0.4, 0.5) is 0 Å². The van der Waals surface area contributed by atoms with Crippen LogP contribution in [0.15, 0.2) is 41.8 Å². The first-order chi connectivity index (χ1) is 9.74. The van der Waals surface area contributed by atoms with E-state index in [9.17, 15) is 0 Å². The number of imidazole rings is 1. The Bertz CT molecular complexity index is 573. The van der Waals surface area contributed by atoms with Gasteiger partial charge in [0, 0.05) is 12.4 Å². The van der Waals surface area contributed by atoms with Gasteiger partial charge in [-0.05, 0) is 43.2 Å². The summed E-state index contributed by atoms with van der Waals surface area (Å²) in [5.74, 6) is 1.79. The summed E-state index contributed by atoms with van der Waals surface area (Å²) in [4.78, 5) is 4.16. The third-order valence-corrected chi connectivity index (χ3v) is 3.17. The highest BCUT2D eigenvalue weighted by atomic mass is 16.5. The smallest absolute Gasteiger partial charge is 0.119 e. The maximum Gasteiger partial charge on any atom is 0.119 e.